The molecule has 0 aliphatic heterocycles. The number of rotatable bonds is 3. The molecule has 1 aromatic carbocycles. The summed E-state index contributed by atoms with van der Waals surface area (Å²) < 4.78 is 13.4. The molecule has 1 aliphatic rings. The molecule has 1 aliphatic carbocycles. The van der Waals surface area contributed by atoms with Crippen molar-refractivity contribution in [1.82, 2.24) is 4.98 Å². The molecule has 2 aromatic rings. The van der Waals surface area contributed by atoms with Crippen molar-refractivity contribution >= 4 is 22.7 Å². The molecule has 1 N–H and O–H groups in total. The van der Waals surface area contributed by atoms with Crippen LogP contribution < -0.4 is 5.43 Å². The zero-order valence-corrected chi connectivity index (χ0v) is 11.2. The molecule has 3 nitrogen and oxygen atoms in total. The molecular formula is C14H14FN3S. The van der Waals surface area contributed by atoms with Gasteiger partial charge in [0, 0.05) is 10.4 Å². The van der Waals surface area contributed by atoms with Crippen LogP contribution in [-0.2, 0) is 12.8 Å². The molecule has 5 heteroatoms. The summed E-state index contributed by atoms with van der Waals surface area (Å²) >= 11 is 1.64. The quantitative estimate of drug-likeness (QED) is 0.686. The van der Waals surface area contributed by atoms with Crippen LogP contribution in [0.1, 0.15) is 29.0 Å². The van der Waals surface area contributed by atoms with E-state index in [1.54, 1.807) is 29.5 Å². The van der Waals surface area contributed by atoms with Crippen molar-refractivity contribution in [3.63, 3.8) is 0 Å². The molecule has 0 saturated carbocycles. The molecule has 0 unspecified atom stereocenters. The summed E-state index contributed by atoms with van der Waals surface area (Å²) in [6, 6.07) is 6.55. The summed E-state index contributed by atoms with van der Waals surface area (Å²) in [7, 11) is 0. The van der Waals surface area contributed by atoms with Gasteiger partial charge in [0.1, 0.15) is 5.82 Å². The number of aryl methyl sites for hydroxylation is 2. The van der Waals surface area contributed by atoms with Crippen molar-refractivity contribution < 1.29 is 4.39 Å². The van der Waals surface area contributed by atoms with Crippen LogP contribution in [0.15, 0.2) is 29.4 Å². The van der Waals surface area contributed by atoms with Gasteiger partial charge in [0.15, 0.2) is 0 Å². The van der Waals surface area contributed by atoms with Crippen molar-refractivity contribution in [3.05, 3.63) is 46.2 Å². The maximum atomic E-state index is 13.4. The minimum absolute atomic E-state index is 0.272. The first-order chi connectivity index (χ1) is 9.33. The second kappa shape index (κ2) is 5.48. The molecule has 0 fully saturated rings. The zero-order chi connectivity index (χ0) is 13.1. The summed E-state index contributed by atoms with van der Waals surface area (Å²) in [6.07, 6.45) is 6.12. The number of benzene rings is 1. The average Bonchev–Trinajstić information content (AvgIpc) is 2.83. The molecule has 0 spiro atoms. The lowest BCUT2D eigenvalue weighted by Crippen LogP contribution is -1.99. The lowest BCUT2D eigenvalue weighted by atomic mass is 10.0. The first-order valence-corrected chi connectivity index (χ1v) is 7.17. The van der Waals surface area contributed by atoms with Gasteiger partial charge in [-0.25, -0.2) is 9.37 Å². The number of nitrogens with zero attached hydrogens (tertiary/aromatic N) is 2. The third-order valence-electron chi connectivity index (χ3n) is 3.11. The van der Waals surface area contributed by atoms with E-state index < -0.39 is 0 Å². The van der Waals surface area contributed by atoms with E-state index in [0.29, 0.717) is 5.56 Å². The number of fused-ring (bicyclic) bond motifs is 1. The second-order valence-corrected chi connectivity index (χ2v) is 5.57. The predicted octanol–water partition coefficient (Wildman–Crippen LogP) is 3.61. The zero-order valence-electron chi connectivity index (χ0n) is 10.4. The van der Waals surface area contributed by atoms with Gasteiger partial charge < -0.3 is 0 Å². The van der Waals surface area contributed by atoms with Gasteiger partial charge in [0.05, 0.1) is 11.9 Å². The molecule has 19 heavy (non-hydrogen) atoms. The van der Waals surface area contributed by atoms with Crippen LogP contribution >= 0.6 is 11.3 Å². The van der Waals surface area contributed by atoms with Crippen molar-refractivity contribution in [1.29, 1.82) is 0 Å². The molecule has 0 amide bonds. The van der Waals surface area contributed by atoms with Crippen LogP contribution in [0.5, 0.6) is 0 Å². The highest BCUT2D eigenvalue weighted by Crippen LogP contribution is 2.29. The van der Waals surface area contributed by atoms with Crippen LogP contribution in [0.25, 0.3) is 0 Å². The van der Waals surface area contributed by atoms with Crippen molar-refractivity contribution in [2.45, 2.75) is 25.7 Å². The molecular weight excluding hydrogens is 261 g/mol. The van der Waals surface area contributed by atoms with Crippen LogP contribution in [0, 0.1) is 5.82 Å². The SMILES string of the molecule is Fc1ccccc1/C=N\Nc1nc2c(s1)CCCC2. The first-order valence-electron chi connectivity index (χ1n) is 6.35. The van der Waals surface area contributed by atoms with E-state index >= 15 is 0 Å². The van der Waals surface area contributed by atoms with E-state index in [-0.39, 0.29) is 5.82 Å². The normalized spacial score (nSPS) is 14.6. The Bertz CT molecular complexity index is 583. The lowest BCUT2D eigenvalue weighted by molar-refractivity contribution is 0.626. The Morgan fingerprint density at radius 1 is 1.26 bits per heavy atom. The average molecular weight is 275 g/mol. The third kappa shape index (κ3) is 2.81. The Labute approximate surface area is 115 Å². The summed E-state index contributed by atoms with van der Waals surface area (Å²) in [5, 5.41) is 4.84. The Morgan fingerprint density at radius 2 is 2.11 bits per heavy atom. The fourth-order valence-electron chi connectivity index (χ4n) is 2.14. The standard InChI is InChI=1S/C14H14FN3S/c15-11-6-2-1-5-10(11)9-16-18-14-17-12-7-3-4-8-13(12)19-14/h1-2,5-6,9H,3-4,7-8H2,(H,17,18)/b16-9-. The smallest absolute Gasteiger partial charge is 0.203 e. The number of hydrogen-bond donors (Lipinski definition) is 1. The summed E-state index contributed by atoms with van der Waals surface area (Å²) in [5.41, 5.74) is 4.55. The summed E-state index contributed by atoms with van der Waals surface area (Å²) in [4.78, 5) is 5.86. The lowest BCUT2D eigenvalue weighted by Gasteiger charge is -2.06. The Balaban J connectivity index is 1.69. The van der Waals surface area contributed by atoms with Gasteiger partial charge in [0.2, 0.25) is 5.13 Å². The number of halogens is 1. The van der Waals surface area contributed by atoms with E-state index in [0.717, 1.165) is 18.0 Å². The maximum Gasteiger partial charge on any atom is 0.203 e. The van der Waals surface area contributed by atoms with Gasteiger partial charge in [-0.15, -0.1) is 11.3 Å². The number of aromatic nitrogens is 1. The number of nitrogens with one attached hydrogen (secondary N) is 1. The van der Waals surface area contributed by atoms with E-state index in [9.17, 15) is 4.39 Å². The number of hydrogen-bond acceptors (Lipinski definition) is 4. The minimum Gasteiger partial charge on any atom is -0.253 e. The van der Waals surface area contributed by atoms with Gasteiger partial charge >= 0.3 is 0 Å². The highest BCUT2D eigenvalue weighted by Gasteiger charge is 2.14. The fraction of sp³-hybridized carbons (Fsp3) is 0.286. The largest absolute Gasteiger partial charge is 0.253 e. The Morgan fingerprint density at radius 3 is 2.95 bits per heavy atom. The van der Waals surface area contributed by atoms with E-state index in [1.165, 1.54) is 35.7 Å². The second-order valence-electron chi connectivity index (χ2n) is 4.49. The Kier molecular flexibility index (Phi) is 3.55. The van der Waals surface area contributed by atoms with Crippen molar-refractivity contribution in [3.8, 4) is 0 Å². The monoisotopic (exact) mass is 275 g/mol. The van der Waals surface area contributed by atoms with E-state index in [4.69, 9.17) is 0 Å². The van der Waals surface area contributed by atoms with Gasteiger partial charge in [0.25, 0.3) is 0 Å². The molecule has 0 saturated heterocycles. The molecule has 0 radical (unpaired) electrons. The molecule has 1 aromatic heterocycles. The van der Waals surface area contributed by atoms with E-state index in [1.807, 2.05) is 0 Å². The fourth-order valence-corrected chi connectivity index (χ4v) is 3.14. The van der Waals surface area contributed by atoms with Crippen LogP contribution in [-0.4, -0.2) is 11.2 Å². The third-order valence-corrected chi connectivity index (χ3v) is 4.18. The Hall–Kier alpha value is -1.75. The van der Waals surface area contributed by atoms with E-state index in [2.05, 4.69) is 15.5 Å². The molecule has 0 bridgehead atoms. The van der Waals surface area contributed by atoms with Crippen LogP contribution in [0.3, 0.4) is 0 Å². The maximum absolute atomic E-state index is 13.4. The highest BCUT2D eigenvalue weighted by molar-refractivity contribution is 7.15. The number of anilines is 1. The molecule has 98 valence electrons. The van der Waals surface area contributed by atoms with Crippen LogP contribution in [0.4, 0.5) is 9.52 Å². The van der Waals surface area contributed by atoms with Crippen LogP contribution in [0.2, 0.25) is 0 Å². The van der Waals surface area contributed by atoms with Gasteiger partial charge in [-0.1, -0.05) is 18.2 Å². The van der Waals surface area contributed by atoms with Crippen molar-refractivity contribution in [2.24, 2.45) is 5.10 Å². The molecule has 3 rings (SSSR count). The molecule has 0 atom stereocenters. The minimum atomic E-state index is -0.272. The first kappa shape index (κ1) is 12.3. The number of thiazole rings is 1. The van der Waals surface area contributed by atoms with Gasteiger partial charge in [-0.2, -0.15) is 5.10 Å². The highest BCUT2D eigenvalue weighted by atomic mass is 32.1. The number of hydrazone groups is 1. The summed E-state index contributed by atoms with van der Waals surface area (Å²) in [6.45, 7) is 0. The van der Waals surface area contributed by atoms with Gasteiger partial charge in [-0.05, 0) is 31.7 Å². The summed E-state index contributed by atoms with van der Waals surface area (Å²) in [5.74, 6) is -0.272. The topological polar surface area (TPSA) is 37.3 Å². The predicted molar refractivity (Wildman–Crippen MR) is 76.4 cm³/mol. The van der Waals surface area contributed by atoms with Gasteiger partial charge in [-0.3, -0.25) is 5.43 Å². The van der Waals surface area contributed by atoms with Crippen molar-refractivity contribution in [2.75, 3.05) is 5.43 Å². The molecule has 1 heterocycles.